The standard InChI is InChI=1S/C21H24N4O3/c1-28-19-4-2-18(3-5-19)25-15-16(14-20(25)26)21(27)24-12-10-23(11-13-24)17-6-8-22-9-7-17/h2-9,16H,10-15H2,1H3. The normalized spacial score (nSPS) is 19.8. The van der Waals surface area contributed by atoms with Crippen molar-refractivity contribution in [3.63, 3.8) is 0 Å². The second kappa shape index (κ2) is 7.88. The largest absolute Gasteiger partial charge is 0.497 e. The van der Waals surface area contributed by atoms with Gasteiger partial charge in [0.25, 0.3) is 0 Å². The van der Waals surface area contributed by atoms with Crippen molar-refractivity contribution >= 4 is 23.2 Å². The number of amides is 2. The van der Waals surface area contributed by atoms with E-state index in [9.17, 15) is 9.59 Å². The fourth-order valence-electron chi connectivity index (χ4n) is 3.88. The minimum absolute atomic E-state index is 0.000983. The van der Waals surface area contributed by atoms with E-state index < -0.39 is 0 Å². The van der Waals surface area contributed by atoms with Crippen molar-refractivity contribution in [2.24, 2.45) is 5.92 Å². The van der Waals surface area contributed by atoms with Crippen molar-refractivity contribution < 1.29 is 14.3 Å². The van der Waals surface area contributed by atoms with Crippen LogP contribution in [0.2, 0.25) is 0 Å². The first-order valence-electron chi connectivity index (χ1n) is 9.54. The molecule has 1 aromatic heterocycles. The summed E-state index contributed by atoms with van der Waals surface area (Å²) in [6, 6.07) is 11.3. The Morgan fingerprint density at radius 2 is 1.68 bits per heavy atom. The Morgan fingerprint density at radius 3 is 2.32 bits per heavy atom. The monoisotopic (exact) mass is 380 g/mol. The summed E-state index contributed by atoms with van der Waals surface area (Å²) in [6.45, 7) is 3.37. The molecule has 2 saturated heterocycles. The summed E-state index contributed by atoms with van der Waals surface area (Å²) in [6.07, 6.45) is 3.84. The van der Waals surface area contributed by atoms with Crippen LogP contribution in [0.5, 0.6) is 5.75 Å². The third-order valence-electron chi connectivity index (χ3n) is 5.48. The van der Waals surface area contributed by atoms with Gasteiger partial charge in [-0.25, -0.2) is 0 Å². The number of benzene rings is 1. The first-order chi connectivity index (χ1) is 13.7. The Kier molecular flexibility index (Phi) is 5.14. The number of methoxy groups -OCH3 is 1. The molecule has 4 rings (SSSR count). The van der Waals surface area contributed by atoms with E-state index in [0.717, 1.165) is 30.2 Å². The zero-order valence-corrected chi connectivity index (χ0v) is 16.0. The molecule has 2 aromatic rings. The van der Waals surface area contributed by atoms with Gasteiger partial charge in [0.15, 0.2) is 0 Å². The van der Waals surface area contributed by atoms with Gasteiger partial charge < -0.3 is 19.4 Å². The quantitative estimate of drug-likeness (QED) is 0.809. The number of ether oxygens (including phenoxy) is 1. The number of hydrogen-bond acceptors (Lipinski definition) is 5. The molecule has 1 unspecified atom stereocenters. The molecule has 2 aliphatic rings. The Labute approximate surface area is 164 Å². The van der Waals surface area contributed by atoms with E-state index in [2.05, 4.69) is 9.88 Å². The van der Waals surface area contributed by atoms with Crippen LogP contribution in [0.4, 0.5) is 11.4 Å². The average Bonchev–Trinajstić information content (AvgIpc) is 3.15. The molecule has 7 nitrogen and oxygen atoms in total. The van der Waals surface area contributed by atoms with Crippen LogP contribution in [0.15, 0.2) is 48.8 Å². The van der Waals surface area contributed by atoms with Crippen LogP contribution in [-0.4, -0.2) is 61.5 Å². The van der Waals surface area contributed by atoms with Crippen LogP contribution in [-0.2, 0) is 9.59 Å². The predicted molar refractivity (Wildman–Crippen MR) is 106 cm³/mol. The smallest absolute Gasteiger partial charge is 0.228 e. The zero-order valence-electron chi connectivity index (χ0n) is 16.0. The van der Waals surface area contributed by atoms with E-state index in [0.29, 0.717) is 19.6 Å². The second-order valence-corrected chi connectivity index (χ2v) is 7.12. The molecule has 1 atom stereocenters. The van der Waals surface area contributed by atoms with Crippen LogP contribution in [0.25, 0.3) is 0 Å². The summed E-state index contributed by atoms with van der Waals surface area (Å²) in [5.74, 6) is 0.551. The molecule has 0 N–H and O–H groups in total. The number of rotatable bonds is 4. The van der Waals surface area contributed by atoms with Crippen LogP contribution < -0.4 is 14.5 Å². The maximum atomic E-state index is 13.0. The zero-order chi connectivity index (χ0) is 19.5. The predicted octanol–water partition coefficient (Wildman–Crippen LogP) is 1.79. The fourth-order valence-corrected chi connectivity index (χ4v) is 3.88. The highest BCUT2D eigenvalue weighted by Gasteiger charge is 2.37. The lowest BCUT2D eigenvalue weighted by Gasteiger charge is -2.37. The van der Waals surface area contributed by atoms with Gasteiger partial charge in [-0.3, -0.25) is 14.6 Å². The number of pyridine rings is 1. The molecule has 146 valence electrons. The fraction of sp³-hybridized carbons (Fsp3) is 0.381. The third kappa shape index (κ3) is 3.65. The van der Waals surface area contributed by atoms with E-state index in [1.807, 2.05) is 41.3 Å². The number of anilines is 2. The summed E-state index contributed by atoms with van der Waals surface area (Å²) in [7, 11) is 1.61. The number of piperazine rings is 1. The number of hydrogen-bond donors (Lipinski definition) is 0. The van der Waals surface area contributed by atoms with E-state index >= 15 is 0 Å². The molecule has 2 aliphatic heterocycles. The van der Waals surface area contributed by atoms with E-state index in [-0.39, 0.29) is 24.2 Å². The molecular weight excluding hydrogens is 356 g/mol. The summed E-state index contributed by atoms with van der Waals surface area (Å²) in [5.41, 5.74) is 1.94. The first kappa shape index (κ1) is 18.3. The first-order valence-corrected chi connectivity index (χ1v) is 9.54. The lowest BCUT2D eigenvalue weighted by Crippen LogP contribution is -2.50. The van der Waals surface area contributed by atoms with Crippen LogP contribution in [0, 0.1) is 5.92 Å². The molecule has 0 spiro atoms. The Bertz CT molecular complexity index is 832. The summed E-state index contributed by atoms with van der Waals surface area (Å²) in [5, 5.41) is 0. The lowest BCUT2D eigenvalue weighted by atomic mass is 10.1. The van der Waals surface area contributed by atoms with Crippen molar-refractivity contribution in [2.75, 3.05) is 49.6 Å². The van der Waals surface area contributed by atoms with Crippen LogP contribution in [0.3, 0.4) is 0 Å². The molecule has 0 saturated carbocycles. The maximum Gasteiger partial charge on any atom is 0.228 e. The van der Waals surface area contributed by atoms with Gasteiger partial charge in [-0.15, -0.1) is 0 Å². The van der Waals surface area contributed by atoms with Gasteiger partial charge in [-0.05, 0) is 36.4 Å². The highest BCUT2D eigenvalue weighted by molar-refractivity contribution is 6.00. The Morgan fingerprint density at radius 1 is 1.00 bits per heavy atom. The van der Waals surface area contributed by atoms with Crippen molar-refractivity contribution in [1.82, 2.24) is 9.88 Å². The molecule has 3 heterocycles. The lowest BCUT2D eigenvalue weighted by molar-refractivity contribution is -0.136. The summed E-state index contributed by atoms with van der Waals surface area (Å²) >= 11 is 0. The maximum absolute atomic E-state index is 13.0. The molecule has 0 bridgehead atoms. The Hall–Kier alpha value is -3.09. The highest BCUT2D eigenvalue weighted by Crippen LogP contribution is 2.28. The van der Waals surface area contributed by atoms with Crippen LogP contribution in [0.1, 0.15) is 6.42 Å². The SMILES string of the molecule is COc1ccc(N2CC(C(=O)N3CCN(c4ccncc4)CC3)CC2=O)cc1. The minimum Gasteiger partial charge on any atom is -0.497 e. The van der Waals surface area contributed by atoms with Crippen molar-refractivity contribution in [2.45, 2.75) is 6.42 Å². The van der Waals surface area contributed by atoms with Gasteiger partial charge in [0.05, 0.1) is 13.0 Å². The third-order valence-corrected chi connectivity index (χ3v) is 5.48. The molecular formula is C21H24N4O3. The minimum atomic E-state index is -0.276. The summed E-state index contributed by atoms with van der Waals surface area (Å²) < 4.78 is 5.17. The van der Waals surface area contributed by atoms with Crippen molar-refractivity contribution in [1.29, 1.82) is 0 Å². The molecule has 2 fully saturated rings. The van der Waals surface area contributed by atoms with E-state index in [1.54, 1.807) is 24.4 Å². The number of carbonyl (C=O) groups excluding carboxylic acids is 2. The number of aromatic nitrogens is 1. The van der Waals surface area contributed by atoms with Crippen molar-refractivity contribution in [3.05, 3.63) is 48.8 Å². The summed E-state index contributed by atoms with van der Waals surface area (Å²) in [4.78, 5) is 35.3. The second-order valence-electron chi connectivity index (χ2n) is 7.12. The molecule has 1 aromatic carbocycles. The van der Waals surface area contributed by atoms with E-state index in [1.165, 1.54) is 0 Å². The van der Waals surface area contributed by atoms with Gasteiger partial charge in [0.2, 0.25) is 11.8 Å². The van der Waals surface area contributed by atoms with E-state index in [4.69, 9.17) is 4.74 Å². The molecule has 0 aliphatic carbocycles. The molecule has 2 amide bonds. The van der Waals surface area contributed by atoms with Gasteiger partial charge in [0, 0.05) is 62.9 Å². The average molecular weight is 380 g/mol. The number of nitrogens with zero attached hydrogens (tertiary/aromatic N) is 4. The highest BCUT2D eigenvalue weighted by atomic mass is 16.5. The van der Waals surface area contributed by atoms with Gasteiger partial charge in [-0.2, -0.15) is 0 Å². The van der Waals surface area contributed by atoms with Crippen molar-refractivity contribution in [3.8, 4) is 5.75 Å². The van der Waals surface area contributed by atoms with Gasteiger partial charge in [-0.1, -0.05) is 0 Å². The Balaban J connectivity index is 1.36. The molecule has 7 heteroatoms. The number of carbonyl (C=O) groups is 2. The molecule has 0 radical (unpaired) electrons. The molecule has 28 heavy (non-hydrogen) atoms. The van der Waals surface area contributed by atoms with Crippen LogP contribution >= 0.6 is 0 Å². The van der Waals surface area contributed by atoms with Gasteiger partial charge in [0.1, 0.15) is 5.75 Å². The topological polar surface area (TPSA) is 66.0 Å². The van der Waals surface area contributed by atoms with Gasteiger partial charge >= 0.3 is 0 Å².